The molecule has 1 heterocycles. The van der Waals surface area contributed by atoms with Gasteiger partial charge in [0.2, 0.25) is 0 Å². The maximum absolute atomic E-state index is 12.3. The van der Waals surface area contributed by atoms with Crippen LogP contribution in [0.5, 0.6) is 0 Å². The number of benzene rings is 2. The average Bonchev–Trinajstić information content (AvgIpc) is 2.61. The molecule has 3 heteroatoms. The van der Waals surface area contributed by atoms with Gasteiger partial charge in [0.1, 0.15) is 5.60 Å². The minimum Gasteiger partial charge on any atom is -0.444 e. The van der Waals surface area contributed by atoms with Gasteiger partial charge in [0.15, 0.2) is 0 Å². The molecule has 0 aliphatic carbocycles. The third kappa shape index (κ3) is 4.46. The van der Waals surface area contributed by atoms with Gasteiger partial charge in [-0.05, 0) is 55.7 Å². The number of likely N-dealkylation sites (tertiary alicyclic amines) is 1. The molecule has 1 amide bonds. The first kappa shape index (κ1) is 18.5. The first-order valence-electron chi connectivity index (χ1n) is 9.47. The van der Waals surface area contributed by atoms with Gasteiger partial charge in [0.25, 0.3) is 0 Å². The zero-order valence-electron chi connectivity index (χ0n) is 16.2. The Morgan fingerprint density at radius 1 is 1.04 bits per heavy atom. The van der Waals surface area contributed by atoms with E-state index in [1.54, 1.807) is 0 Å². The summed E-state index contributed by atoms with van der Waals surface area (Å²) in [6.45, 7) is 9.47. The van der Waals surface area contributed by atoms with Crippen LogP contribution in [-0.2, 0) is 4.74 Å². The quantitative estimate of drug-likeness (QED) is 0.693. The topological polar surface area (TPSA) is 29.5 Å². The lowest BCUT2D eigenvalue weighted by atomic mass is 9.81. The van der Waals surface area contributed by atoms with Crippen molar-refractivity contribution in [3.05, 3.63) is 60.2 Å². The van der Waals surface area contributed by atoms with E-state index >= 15 is 0 Å². The maximum atomic E-state index is 12.3. The fourth-order valence-corrected chi connectivity index (χ4v) is 3.71. The fraction of sp³-hybridized carbons (Fsp3) is 0.435. The second-order valence-electron chi connectivity index (χ2n) is 8.29. The van der Waals surface area contributed by atoms with E-state index < -0.39 is 5.60 Å². The SMILES string of the molecule is C[C@H]1CN(C(=O)OC(C)(C)C)CC[C@@H]1c1cccc(-c2ccccc2)c1. The molecule has 0 N–H and O–H groups in total. The van der Waals surface area contributed by atoms with Gasteiger partial charge in [0.05, 0.1) is 0 Å². The lowest BCUT2D eigenvalue weighted by molar-refractivity contribution is 0.0155. The molecule has 0 bridgehead atoms. The molecule has 0 aromatic heterocycles. The zero-order chi connectivity index (χ0) is 18.7. The Hall–Kier alpha value is -2.29. The van der Waals surface area contributed by atoms with Gasteiger partial charge in [-0.3, -0.25) is 0 Å². The highest BCUT2D eigenvalue weighted by atomic mass is 16.6. The van der Waals surface area contributed by atoms with Crippen LogP contribution in [0.25, 0.3) is 11.1 Å². The number of amides is 1. The van der Waals surface area contributed by atoms with Gasteiger partial charge < -0.3 is 9.64 Å². The summed E-state index contributed by atoms with van der Waals surface area (Å²) >= 11 is 0. The van der Waals surface area contributed by atoms with E-state index in [2.05, 4.69) is 55.5 Å². The number of hydrogen-bond acceptors (Lipinski definition) is 2. The molecule has 2 atom stereocenters. The fourth-order valence-electron chi connectivity index (χ4n) is 3.71. The molecule has 2 aromatic carbocycles. The Balaban J connectivity index is 1.71. The first-order valence-corrected chi connectivity index (χ1v) is 9.47. The van der Waals surface area contributed by atoms with Crippen molar-refractivity contribution in [1.29, 1.82) is 0 Å². The highest BCUT2D eigenvalue weighted by Crippen LogP contribution is 2.35. The van der Waals surface area contributed by atoms with Crippen LogP contribution in [0.3, 0.4) is 0 Å². The average molecular weight is 351 g/mol. The first-order chi connectivity index (χ1) is 12.3. The van der Waals surface area contributed by atoms with Gasteiger partial charge >= 0.3 is 6.09 Å². The monoisotopic (exact) mass is 351 g/mol. The molecule has 1 aliphatic rings. The molecule has 138 valence electrons. The van der Waals surface area contributed by atoms with E-state index in [0.29, 0.717) is 11.8 Å². The van der Waals surface area contributed by atoms with E-state index in [1.165, 1.54) is 16.7 Å². The summed E-state index contributed by atoms with van der Waals surface area (Å²) in [6.07, 6.45) is 0.777. The zero-order valence-corrected chi connectivity index (χ0v) is 16.2. The van der Waals surface area contributed by atoms with Crippen molar-refractivity contribution in [2.45, 2.75) is 45.6 Å². The van der Waals surface area contributed by atoms with Crippen LogP contribution in [0, 0.1) is 5.92 Å². The van der Waals surface area contributed by atoms with Crippen molar-refractivity contribution in [2.75, 3.05) is 13.1 Å². The summed E-state index contributed by atoms with van der Waals surface area (Å²) in [5.74, 6) is 0.875. The minimum atomic E-state index is -0.443. The minimum absolute atomic E-state index is 0.194. The second-order valence-corrected chi connectivity index (χ2v) is 8.29. The number of piperidine rings is 1. The van der Waals surface area contributed by atoms with Crippen LogP contribution in [0.15, 0.2) is 54.6 Å². The Morgan fingerprint density at radius 3 is 2.38 bits per heavy atom. The molecule has 3 nitrogen and oxygen atoms in total. The highest BCUT2D eigenvalue weighted by molar-refractivity contribution is 5.68. The molecule has 2 aromatic rings. The Bertz CT molecular complexity index is 748. The Kier molecular flexibility index (Phi) is 5.36. The standard InChI is InChI=1S/C23H29NO2/c1-17-16-24(22(25)26-23(2,3)4)14-13-21(17)20-12-8-11-19(15-20)18-9-6-5-7-10-18/h5-12,15,17,21H,13-14,16H2,1-4H3/t17-,21-/m0/s1. The van der Waals surface area contributed by atoms with Crippen LogP contribution in [-0.4, -0.2) is 29.7 Å². The van der Waals surface area contributed by atoms with Crippen molar-refractivity contribution in [3.63, 3.8) is 0 Å². The summed E-state index contributed by atoms with van der Waals surface area (Å²) < 4.78 is 5.53. The van der Waals surface area contributed by atoms with Crippen molar-refractivity contribution in [2.24, 2.45) is 5.92 Å². The van der Waals surface area contributed by atoms with Gasteiger partial charge in [-0.15, -0.1) is 0 Å². The molecule has 1 aliphatic heterocycles. The molecule has 0 radical (unpaired) electrons. The molecule has 26 heavy (non-hydrogen) atoms. The molecule has 0 saturated carbocycles. The third-order valence-electron chi connectivity index (χ3n) is 4.98. The molecule has 0 spiro atoms. The van der Waals surface area contributed by atoms with Crippen molar-refractivity contribution in [3.8, 4) is 11.1 Å². The molecular weight excluding hydrogens is 322 g/mol. The van der Waals surface area contributed by atoms with Gasteiger partial charge in [0, 0.05) is 13.1 Å². The molecule has 1 saturated heterocycles. The van der Waals surface area contributed by atoms with Crippen LogP contribution in [0.1, 0.15) is 45.6 Å². The van der Waals surface area contributed by atoms with E-state index in [0.717, 1.165) is 19.5 Å². The van der Waals surface area contributed by atoms with Crippen molar-refractivity contribution >= 4 is 6.09 Å². The number of carbonyl (C=O) groups is 1. The van der Waals surface area contributed by atoms with Crippen LogP contribution < -0.4 is 0 Å². The summed E-state index contributed by atoms with van der Waals surface area (Å²) in [7, 11) is 0. The van der Waals surface area contributed by atoms with Gasteiger partial charge in [-0.25, -0.2) is 4.79 Å². The smallest absolute Gasteiger partial charge is 0.410 e. The Labute approximate surface area is 157 Å². The van der Waals surface area contributed by atoms with E-state index in [1.807, 2.05) is 31.7 Å². The number of ether oxygens (including phenoxy) is 1. The highest BCUT2D eigenvalue weighted by Gasteiger charge is 2.32. The van der Waals surface area contributed by atoms with E-state index in [9.17, 15) is 4.79 Å². The van der Waals surface area contributed by atoms with Crippen LogP contribution in [0.2, 0.25) is 0 Å². The second kappa shape index (κ2) is 7.53. The predicted octanol–water partition coefficient (Wildman–Crippen LogP) is 5.71. The number of rotatable bonds is 2. The maximum Gasteiger partial charge on any atom is 0.410 e. The molecular formula is C23H29NO2. The third-order valence-corrected chi connectivity index (χ3v) is 4.98. The number of hydrogen-bond donors (Lipinski definition) is 0. The van der Waals surface area contributed by atoms with E-state index in [-0.39, 0.29) is 6.09 Å². The molecule has 1 fully saturated rings. The predicted molar refractivity (Wildman–Crippen MR) is 106 cm³/mol. The summed E-state index contributed by atoms with van der Waals surface area (Å²) in [5.41, 5.74) is 3.42. The Morgan fingerprint density at radius 2 is 1.73 bits per heavy atom. The number of carbonyl (C=O) groups excluding carboxylic acids is 1. The lowest BCUT2D eigenvalue weighted by Crippen LogP contribution is -2.44. The summed E-state index contributed by atoms with van der Waals surface area (Å²) in [6, 6.07) is 19.3. The number of nitrogens with zero attached hydrogens (tertiary/aromatic N) is 1. The van der Waals surface area contributed by atoms with Crippen molar-refractivity contribution in [1.82, 2.24) is 4.90 Å². The van der Waals surface area contributed by atoms with Gasteiger partial charge in [-0.2, -0.15) is 0 Å². The van der Waals surface area contributed by atoms with Crippen LogP contribution >= 0.6 is 0 Å². The van der Waals surface area contributed by atoms with Crippen LogP contribution in [0.4, 0.5) is 4.79 Å². The lowest BCUT2D eigenvalue weighted by Gasteiger charge is -2.38. The van der Waals surface area contributed by atoms with Gasteiger partial charge in [-0.1, -0.05) is 61.5 Å². The van der Waals surface area contributed by atoms with E-state index in [4.69, 9.17) is 4.74 Å². The normalized spacial score (nSPS) is 20.7. The largest absolute Gasteiger partial charge is 0.444 e. The molecule has 3 rings (SSSR count). The summed E-state index contributed by atoms with van der Waals surface area (Å²) in [5, 5.41) is 0. The summed E-state index contributed by atoms with van der Waals surface area (Å²) in [4.78, 5) is 14.2. The molecule has 0 unspecified atom stereocenters. The van der Waals surface area contributed by atoms with Crippen molar-refractivity contribution < 1.29 is 9.53 Å².